The number of aromatic nitrogens is 2. The standard InChI is InChI=1S/C28H26ClN3O6/c1-15-13-18(27(33)34)24(28(35)36)25(16(15)2)31-26-19-14-30-32(17-9-11-37-12-10-17)21(19)7-8-23(26)38-22-6-4-3-5-20(22)29/h3-8,13-14,17,31H,9-12H2,1-2H3,(H,33,34)(H,35,36). The van der Waals surface area contributed by atoms with Crippen LogP contribution in [0, 0.1) is 13.8 Å². The summed E-state index contributed by atoms with van der Waals surface area (Å²) in [6, 6.07) is 12.2. The molecule has 9 nitrogen and oxygen atoms in total. The number of carbonyl (C=O) groups is 2. The van der Waals surface area contributed by atoms with E-state index in [2.05, 4.69) is 10.4 Å². The molecule has 0 spiro atoms. The number of carboxylic acids is 2. The highest BCUT2D eigenvalue weighted by Crippen LogP contribution is 2.42. The molecule has 1 saturated heterocycles. The van der Waals surface area contributed by atoms with Crippen LogP contribution < -0.4 is 10.1 Å². The second kappa shape index (κ2) is 10.4. The summed E-state index contributed by atoms with van der Waals surface area (Å²) in [4.78, 5) is 24.3. The largest absolute Gasteiger partial charge is 0.478 e. The van der Waals surface area contributed by atoms with E-state index < -0.39 is 11.9 Å². The third-order valence-corrected chi connectivity index (χ3v) is 7.19. The molecular weight excluding hydrogens is 510 g/mol. The summed E-state index contributed by atoms with van der Waals surface area (Å²) < 4.78 is 13.7. The number of fused-ring (bicyclic) bond motifs is 1. The van der Waals surface area contributed by atoms with Gasteiger partial charge in [-0.3, -0.25) is 4.68 Å². The molecule has 38 heavy (non-hydrogen) atoms. The number of halogens is 1. The fraction of sp³-hybridized carbons (Fsp3) is 0.250. The van der Waals surface area contributed by atoms with Gasteiger partial charge in [0.25, 0.3) is 0 Å². The van der Waals surface area contributed by atoms with Crippen molar-refractivity contribution in [3.63, 3.8) is 0 Å². The first-order valence-corrected chi connectivity index (χ1v) is 12.5. The van der Waals surface area contributed by atoms with Crippen molar-refractivity contribution in [1.29, 1.82) is 0 Å². The average Bonchev–Trinajstić information content (AvgIpc) is 3.33. The summed E-state index contributed by atoms with van der Waals surface area (Å²) in [6.07, 6.45) is 3.34. The molecule has 0 amide bonds. The van der Waals surface area contributed by atoms with E-state index in [-0.39, 0.29) is 22.9 Å². The predicted octanol–water partition coefficient (Wildman–Crippen LogP) is 6.59. The van der Waals surface area contributed by atoms with Gasteiger partial charge in [-0.15, -0.1) is 0 Å². The van der Waals surface area contributed by atoms with Gasteiger partial charge >= 0.3 is 11.9 Å². The molecule has 0 bridgehead atoms. The lowest BCUT2D eigenvalue weighted by Crippen LogP contribution is -2.20. The number of hydrogen-bond acceptors (Lipinski definition) is 6. The monoisotopic (exact) mass is 535 g/mol. The van der Waals surface area contributed by atoms with E-state index in [9.17, 15) is 19.8 Å². The number of aromatic carboxylic acids is 2. The Hall–Kier alpha value is -4.08. The quantitative estimate of drug-likeness (QED) is 0.242. The van der Waals surface area contributed by atoms with Crippen LogP contribution in [0.3, 0.4) is 0 Å². The van der Waals surface area contributed by atoms with Crippen molar-refractivity contribution in [3.05, 3.63) is 75.9 Å². The lowest BCUT2D eigenvalue weighted by atomic mass is 9.96. The van der Waals surface area contributed by atoms with Crippen LogP contribution >= 0.6 is 11.6 Å². The summed E-state index contributed by atoms with van der Waals surface area (Å²) in [5, 5.41) is 28.8. The minimum atomic E-state index is -1.35. The number of anilines is 2. The molecule has 3 N–H and O–H groups in total. The fourth-order valence-corrected chi connectivity index (χ4v) is 4.94. The zero-order valence-electron chi connectivity index (χ0n) is 20.8. The van der Waals surface area contributed by atoms with E-state index >= 15 is 0 Å². The Morgan fingerprint density at radius 3 is 2.47 bits per heavy atom. The van der Waals surface area contributed by atoms with Gasteiger partial charge in [-0.2, -0.15) is 5.10 Å². The lowest BCUT2D eigenvalue weighted by Gasteiger charge is -2.23. The molecule has 0 unspecified atom stereocenters. The number of ether oxygens (including phenoxy) is 2. The van der Waals surface area contributed by atoms with Crippen molar-refractivity contribution >= 4 is 45.8 Å². The molecule has 2 heterocycles. The number of rotatable bonds is 7. The van der Waals surface area contributed by atoms with Gasteiger partial charge in [0.15, 0.2) is 5.75 Å². The van der Waals surface area contributed by atoms with Crippen LogP contribution in [0.4, 0.5) is 11.4 Å². The van der Waals surface area contributed by atoms with Gasteiger partial charge in [-0.05, 0) is 68.1 Å². The first-order valence-electron chi connectivity index (χ1n) is 12.1. The molecule has 1 aliphatic heterocycles. The highest BCUT2D eigenvalue weighted by Gasteiger charge is 2.26. The lowest BCUT2D eigenvalue weighted by molar-refractivity contribution is 0.0652. The highest BCUT2D eigenvalue weighted by atomic mass is 35.5. The molecule has 3 aromatic carbocycles. The maximum absolute atomic E-state index is 12.3. The van der Waals surface area contributed by atoms with Gasteiger partial charge in [0, 0.05) is 18.6 Å². The Balaban J connectivity index is 1.72. The summed E-state index contributed by atoms with van der Waals surface area (Å²) in [5.74, 6) is -1.89. The molecule has 1 aliphatic rings. The molecule has 0 aliphatic carbocycles. The highest BCUT2D eigenvalue weighted by molar-refractivity contribution is 6.32. The van der Waals surface area contributed by atoms with Crippen LogP contribution in [0.15, 0.2) is 48.7 Å². The van der Waals surface area contributed by atoms with Crippen LogP contribution in [0.1, 0.15) is 50.7 Å². The van der Waals surface area contributed by atoms with E-state index in [1.54, 1.807) is 50.4 Å². The molecule has 1 aromatic heterocycles. The SMILES string of the molecule is Cc1cc(C(=O)O)c(C(=O)O)c(Nc2c(Oc3ccccc3Cl)ccc3c2cnn3C2CCOCC2)c1C. The van der Waals surface area contributed by atoms with E-state index in [0.717, 1.165) is 18.4 Å². The second-order valence-corrected chi connectivity index (χ2v) is 9.60. The molecule has 5 rings (SSSR count). The summed E-state index contributed by atoms with van der Waals surface area (Å²) >= 11 is 6.36. The third-order valence-electron chi connectivity index (χ3n) is 6.88. The summed E-state index contributed by atoms with van der Waals surface area (Å²) in [5.41, 5.74) is 2.04. The van der Waals surface area contributed by atoms with Gasteiger partial charge in [0.1, 0.15) is 5.75 Å². The van der Waals surface area contributed by atoms with E-state index in [4.69, 9.17) is 21.1 Å². The van der Waals surface area contributed by atoms with E-state index in [0.29, 0.717) is 51.9 Å². The second-order valence-electron chi connectivity index (χ2n) is 9.19. The van der Waals surface area contributed by atoms with Crippen molar-refractivity contribution in [3.8, 4) is 11.5 Å². The number of hydrogen-bond donors (Lipinski definition) is 3. The van der Waals surface area contributed by atoms with Gasteiger partial charge in [-0.1, -0.05) is 23.7 Å². The van der Waals surface area contributed by atoms with Crippen molar-refractivity contribution in [1.82, 2.24) is 9.78 Å². The predicted molar refractivity (Wildman–Crippen MR) is 143 cm³/mol. The maximum atomic E-state index is 12.3. The first-order chi connectivity index (χ1) is 18.3. The minimum Gasteiger partial charge on any atom is -0.478 e. The third kappa shape index (κ3) is 4.66. The van der Waals surface area contributed by atoms with Crippen LogP contribution in [-0.2, 0) is 4.74 Å². The molecule has 0 saturated carbocycles. The van der Waals surface area contributed by atoms with E-state index in [1.807, 2.05) is 10.7 Å². The normalized spacial score (nSPS) is 14.0. The molecule has 4 aromatic rings. The molecule has 10 heteroatoms. The topological polar surface area (TPSA) is 123 Å². The van der Waals surface area contributed by atoms with Crippen molar-refractivity contribution in [2.45, 2.75) is 32.7 Å². The van der Waals surface area contributed by atoms with Gasteiger partial charge in [-0.25, -0.2) is 9.59 Å². The average molecular weight is 536 g/mol. The van der Waals surface area contributed by atoms with Gasteiger partial charge < -0.3 is 25.0 Å². The van der Waals surface area contributed by atoms with Gasteiger partial charge in [0.05, 0.1) is 45.3 Å². The Morgan fingerprint density at radius 1 is 1.05 bits per heavy atom. The Labute approximate surface area is 223 Å². The Kier molecular flexibility index (Phi) is 6.96. The Morgan fingerprint density at radius 2 is 1.79 bits per heavy atom. The number of carboxylic acid groups (broad SMARTS) is 2. The first kappa shape index (κ1) is 25.6. The van der Waals surface area contributed by atoms with Crippen LogP contribution in [0.25, 0.3) is 10.9 Å². The zero-order valence-corrected chi connectivity index (χ0v) is 21.6. The number of para-hydroxylation sites is 1. The van der Waals surface area contributed by atoms with Crippen LogP contribution in [0.2, 0.25) is 5.02 Å². The number of nitrogens with zero attached hydrogens (tertiary/aromatic N) is 2. The summed E-state index contributed by atoms with van der Waals surface area (Å²) in [6.45, 7) is 4.78. The molecule has 196 valence electrons. The molecular formula is C28H26ClN3O6. The number of nitrogens with one attached hydrogen (secondary N) is 1. The maximum Gasteiger partial charge on any atom is 0.338 e. The number of benzene rings is 3. The van der Waals surface area contributed by atoms with Gasteiger partial charge in [0.2, 0.25) is 0 Å². The van der Waals surface area contributed by atoms with Crippen LogP contribution in [-0.4, -0.2) is 45.1 Å². The van der Waals surface area contributed by atoms with Crippen molar-refractivity contribution in [2.75, 3.05) is 18.5 Å². The van der Waals surface area contributed by atoms with Crippen molar-refractivity contribution in [2.24, 2.45) is 0 Å². The Bertz CT molecular complexity index is 1560. The van der Waals surface area contributed by atoms with E-state index in [1.165, 1.54) is 6.07 Å². The van der Waals surface area contributed by atoms with Crippen LogP contribution in [0.5, 0.6) is 11.5 Å². The minimum absolute atomic E-state index is 0.151. The molecule has 0 atom stereocenters. The summed E-state index contributed by atoms with van der Waals surface area (Å²) in [7, 11) is 0. The smallest absolute Gasteiger partial charge is 0.338 e. The van der Waals surface area contributed by atoms with Crippen molar-refractivity contribution < 1.29 is 29.3 Å². The number of aryl methyl sites for hydroxylation is 1. The zero-order chi connectivity index (χ0) is 27.0. The molecule has 1 fully saturated rings. The molecule has 0 radical (unpaired) electrons. The fourth-order valence-electron chi connectivity index (χ4n) is 4.77.